The van der Waals surface area contributed by atoms with Crippen LogP contribution in [0.5, 0.6) is 0 Å². The van der Waals surface area contributed by atoms with Crippen LogP contribution >= 0.6 is 0 Å². The average molecular weight is 823 g/mol. The van der Waals surface area contributed by atoms with Crippen molar-refractivity contribution in [2.75, 3.05) is 9.80 Å². The quantitative estimate of drug-likeness (QED) is 0.127. The van der Waals surface area contributed by atoms with E-state index in [1.807, 2.05) is 0 Å². The number of hydrogen-bond donors (Lipinski definition) is 0. The Balaban J connectivity index is 0.871. The predicted molar refractivity (Wildman–Crippen MR) is 273 cm³/mol. The minimum atomic E-state index is 0.159. The summed E-state index contributed by atoms with van der Waals surface area (Å²) in [6, 6.07) is 68.4. The lowest BCUT2D eigenvalue weighted by Gasteiger charge is -2.36. The molecular formula is C62H50N2. The number of fused-ring (bicyclic) bond motifs is 3. The lowest BCUT2D eigenvalue weighted by Crippen LogP contribution is -2.34. The molecule has 3 aliphatic carbocycles. The zero-order valence-electron chi connectivity index (χ0n) is 36.0. The van der Waals surface area contributed by atoms with Gasteiger partial charge in [-0.25, -0.2) is 0 Å². The first-order valence-electron chi connectivity index (χ1n) is 22.8. The second-order valence-electron chi connectivity index (χ2n) is 17.1. The third-order valence-electron chi connectivity index (χ3n) is 13.1. The molecule has 0 fully saturated rings. The maximum atomic E-state index is 2.60. The highest BCUT2D eigenvalue weighted by Crippen LogP contribution is 2.41. The van der Waals surface area contributed by atoms with Crippen LogP contribution in [0.4, 0.5) is 22.7 Å². The lowest BCUT2D eigenvalue weighted by molar-refractivity contribution is 0.726. The molecule has 2 atom stereocenters. The summed E-state index contributed by atoms with van der Waals surface area (Å²) < 4.78 is 0. The molecule has 0 amide bonds. The van der Waals surface area contributed by atoms with E-state index in [9.17, 15) is 0 Å². The van der Waals surface area contributed by atoms with Crippen molar-refractivity contribution >= 4 is 49.9 Å². The van der Waals surface area contributed by atoms with Crippen LogP contribution in [0.15, 0.2) is 254 Å². The molecule has 0 heterocycles. The number of nitrogens with zero attached hydrogens (tertiary/aromatic N) is 2. The van der Waals surface area contributed by atoms with Crippen LogP contribution < -0.4 is 9.80 Å². The fourth-order valence-corrected chi connectivity index (χ4v) is 9.82. The number of hydrogen-bond acceptors (Lipinski definition) is 2. The van der Waals surface area contributed by atoms with Gasteiger partial charge < -0.3 is 9.80 Å². The Morgan fingerprint density at radius 2 is 0.984 bits per heavy atom. The van der Waals surface area contributed by atoms with Gasteiger partial charge in [0, 0.05) is 34.1 Å². The van der Waals surface area contributed by atoms with Crippen molar-refractivity contribution in [1.82, 2.24) is 0 Å². The highest BCUT2D eigenvalue weighted by atomic mass is 15.2. The summed E-state index contributed by atoms with van der Waals surface area (Å²) in [5, 5.41) is 5.14. The van der Waals surface area contributed by atoms with Crippen LogP contribution in [0, 0.1) is 5.92 Å². The van der Waals surface area contributed by atoms with Crippen LogP contribution in [0.1, 0.15) is 31.2 Å². The number of anilines is 4. The summed E-state index contributed by atoms with van der Waals surface area (Å²) in [5.74, 6) is 0.424. The summed E-state index contributed by atoms with van der Waals surface area (Å²) in [5.41, 5.74) is 14.7. The van der Waals surface area contributed by atoms with E-state index in [0.29, 0.717) is 5.92 Å². The minimum Gasteiger partial charge on any atom is -0.334 e. The van der Waals surface area contributed by atoms with Crippen molar-refractivity contribution in [3.05, 3.63) is 260 Å². The van der Waals surface area contributed by atoms with Crippen molar-refractivity contribution in [3.8, 4) is 22.3 Å². The van der Waals surface area contributed by atoms with Crippen LogP contribution in [0.3, 0.4) is 0 Å². The monoisotopic (exact) mass is 822 g/mol. The highest BCUT2D eigenvalue weighted by Gasteiger charge is 2.26. The van der Waals surface area contributed by atoms with Crippen molar-refractivity contribution < 1.29 is 0 Å². The fraction of sp³-hybridized carbons (Fsp3) is 0.0968. The van der Waals surface area contributed by atoms with Gasteiger partial charge in [0.2, 0.25) is 0 Å². The molecule has 3 aliphatic rings. The normalized spacial score (nSPS) is 16.9. The summed E-state index contributed by atoms with van der Waals surface area (Å²) in [6.45, 7) is 0. The van der Waals surface area contributed by atoms with E-state index in [-0.39, 0.29) is 6.04 Å². The van der Waals surface area contributed by atoms with Crippen molar-refractivity contribution in [1.29, 1.82) is 0 Å². The Morgan fingerprint density at radius 1 is 0.406 bits per heavy atom. The summed E-state index contributed by atoms with van der Waals surface area (Å²) in [7, 11) is 0. The zero-order valence-corrected chi connectivity index (χ0v) is 36.0. The third kappa shape index (κ3) is 7.84. The van der Waals surface area contributed by atoms with Gasteiger partial charge in [-0.3, -0.25) is 0 Å². The first-order valence-corrected chi connectivity index (χ1v) is 22.8. The zero-order chi connectivity index (χ0) is 42.7. The van der Waals surface area contributed by atoms with E-state index < -0.39 is 0 Å². The summed E-state index contributed by atoms with van der Waals surface area (Å²) in [4.78, 5) is 4.94. The van der Waals surface area contributed by atoms with Crippen molar-refractivity contribution in [2.45, 2.75) is 31.7 Å². The molecule has 0 aromatic heterocycles. The van der Waals surface area contributed by atoms with Gasteiger partial charge >= 0.3 is 0 Å². The predicted octanol–water partition coefficient (Wildman–Crippen LogP) is 16.8. The molecule has 0 radical (unpaired) electrons. The standard InChI is InChI=1S/C62H50N2/c1-4-14-45(15-5-1)47-24-26-48(27-25-47)50-28-36-55(37-29-50)63(54-19-8-3-9-20-54)56-38-30-51(31-39-56)52-34-42-58(43-35-52)64(57-40-32-49(33-41-57)46-16-6-2-7-17-46)62-44-53-18-10-11-21-59(53)60-22-12-13-23-61(60)62/h1,3-6,8-32,34-42,44,49,58H,2,7,33,43H2. The molecule has 308 valence electrons. The fourth-order valence-electron chi connectivity index (χ4n) is 9.82. The summed E-state index contributed by atoms with van der Waals surface area (Å²) >= 11 is 0. The number of para-hydroxylation sites is 1. The minimum absolute atomic E-state index is 0.159. The third-order valence-corrected chi connectivity index (χ3v) is 13.1. The number of rotatable bonds is 10. The van der Waals surface area contributed by atoms with E-state index in [1.54, 1.807) is 0 Å². The average Bonchev–Trinajstić information content (AvgIpc) is 3.38. The van der Waals surface area contributed by atoms with Crippen LogP contribution in [0.2, 0.25) is 0 Å². The maximum Gasteiger partial charge on any atom is 0.0560 e. The highest BCUT2D eigenvalue weighted by molar-refractivity contribution is 6.13. The molecule has 11 rings (SSSR count). The molecule has 0 bridgehead atoms. The summed E-state index contributed by atoms with van der Waals surface area (Å²) in [6.07, 6.45) is 25.7. The van der Waals surface area contributed by atoms with Gasteiger partial charge in [0.25, 0.3) is 0 Å². The molecule has 0 spiro atoms. The molecule has 8 aromatic carbocycles. The number of allylic oxidation sites excluding steroid dienone is 9. The Hall–Kier alpha value is -7.68. The molecule has 0 saturated carbocycles. The van der Waals surface area contributed by atoms with E-state index in [4.69, 9.17) is 0 Å². The lowest BCUT2D eigenvalue weighted by atomic mass is 9.87. The SMILES string of the molecule is C1=CC(C2C=CC(N(c3cc4ccccc4c4ccccc34)C3C=CC(c4ccc(N(c5ccccc5)c5ccc(-c6ccc(-c7ccccc7)cc6)cc5)cc4)=CC3)=CC2)=CCC1. The molecule has 0 aliphatic heterocycles. The van der Waals surface area contributed by atoms with E-state index >= 15 is 0 Å². The van der Waals surface area contributed by atoms with Crippen LogP contribution in [-0.2, 0) is 0 Å². The second-order valence-corrected chi connectivity index (χ2v) is 17.1. The van der Waals surface area contributed by atoms with Gasteiger partial charge in [-0.05, 0) is 129 Å². The Bertz CT molecular complexity index is 3130. The van der Waals surface area contributed by atoms with Crippen LogP contribution in [0.25, 0.3) is 49.4 Å². The number of benzene rings is 8. The molecule has 2 unspecified atom stereocenters. The first kappa shape index (κ1) is 39.2. The molecule has 2 nitrogen and oxygen atoms in total. The van der Waals surface area contributed by atoms with E-state index in [1.165, 1.54) is 71.9 Å². The van der Waals surface area contributed by atoms with Crippen molar-refractivity contribution in [3.63, 3.8) is 0 Å². The van der Waals surface area contributed by atoms with Gasteiger partial charge in [-0.1, -0.05) is 194 Å². The molecule has 8 aromatic rings. The van der Waals surface area contributed by atoms with Gasteiger partial charge in [0.15, 0.2) is 0 Å². The maximum absolute atomic E-state index is 2.60. The van der Waals surface area contributed by atoms with Gasteiger partial charge in [-0.2, -0.15) is 0 Å². The molecule has 0 saturated heterocycles. The topological polar surface area (TPSA) is 6.48 Å². The largest absolute Gasteiger partial charge is 0.334 e. The van der Waals surface area contributed by atoms with Gasteiger partial charge in [0.1, 0.15) is 0 Å². The van der Waals surface area contributed by atoms with Gasteiger partial charge in [-0.15, -0.1) is 0 Å². The molecule has 0 N–H and O–H groups in total. The first-order chi connectivity index (χ1) is 31.7. The smallest absolute Gasteiger partial charge is 0.0560 e. The van der Waals surface area contributed by atoms with E-state index in [2.05, 4.69) is 253 Å². The van der Waals surface area contributed by atoms with Crippen LogP contribution in [-0.4, -0.2) is 6.04 Å². The second kappa shape index (κ2) is 17.6. The Kier molecular flexibility index (Phi) is 10.8. The van der Waals surface area contributed by atoms with Gasteiger partial charge in [0.05, 0.1) is 11.7 Å². The van der Waals surface area contributed by atoms with Crippen molar-refractivity contribution in [2.24, 2.45) is 5.92 Å². The molecule has 2 heteroatoms. The Morgan fingerprint density at radius 3 is 1.61 bits per heavy atom. The van der Waals surface area contributed by atoms with E-state index in [0.717, 1.165) is 42.7 Å². The Labute approximate surface area is 377 Å². The molecule has 64 heavy (non-hydrogen) atoms. The molecular weight excluding hydrogens is 773 g/mol.